The topological polar surface area (TPSA) is 56.1 Å². The van der Waals surface area contributed by atoms with Gasteiger partial charge in [-0.1, -0.05) is 29.8 Å². The molecule has 0 radical (unpaired) electrons. The summed E-state index contributed by atoms with van der Waals surface area (Å²) in [6.07, 6.45) is -4.01. The lowest BCUT2D eigenvalue weighted by atomic mass is 10.2. The third-order valence-corrected chi connectivity index (χ3v) is 4.27. The number of carbonyl (C=O) groups excluding carboxylic acids is 1. The summed E-state index contributed by atoms with van der Waals surface area (Å²) < 4.78 is 60.6. The van der Waals surface area contributed by atoms with E-state index in [1.807, 2.05) is 0 Å². The van der Waals surface area contributed by atoms with Gasteiger partial charge in [-0.3, -0.25) is 4.79 Å². The Kier molecular flexibility index (Phi) is 6.31. The minimum Gasteiger partial charge on any atom is -0.488 e. The molecule has 0 aliphatic carbocycles. The van der Waals surface area contributed by atoms with Gasteiger partial charge in [0, 0.05) is 5.02 Å². The van der Waals surface area contributed by atoms with E-state index in [2.05, 4.69) is 10.4 Å². The summed E-state index contributed by atoms with van der Waals surface area (Å²) in [5.74, 6) is -1.60. The number of aromatic nitrogens is 2. The molecule has 1 unspecified atom stereocenters. The largest absolute Gasteiger partial charge is 0.488 e. The minimum atomic E-state index is -4.85. The van der Waals surface area contributed by atoms with E-state index in [0.29, 0.717) is 4.68 Å². The fourth-order valence-corrected chi connectivity index (χ4v) is 2.90. The number of rotatable bonds is 6. The van der Waals surface area contributed by atoms with Gasteiger partial charge >= 0.3 is 6.18 Å². The number of hydrogen-bond acceptors (Lipinski definition) is 3. The fraction of sp³-hybridized carbons (Fsp3) is 0.200. The van der Waals surface area contributed by atoms with Crippen LogP contribution in [0.1, 0.15) is 23.0 Å². The van der Waals surface area contributed by atoms with E-state index in [0.717, 1.165) is 6.20 Å². The summed E-state index contributed by atoms with van der Waals surface area (Å²) >= 11 is 5.85. The molecule has 2 aromatic carbocycles. The van der Waals surface area contributed by atoms with Crippen molar-refractivity contribution in [2.75, 3.05) is 6.61 Å². The highest BCUT2D eigenvalue weighted by Crippen LogP contribution is 2.34. The van der Waals surface area contributed by atoms with Crippen LogP contribution in [0.3, 0.4) is 0 Å². The number of carbonyl (C=O) groups is 1. The number of para-hydroxylation sites is 1. The van der Waals surface area contributed by atoms with Crippen LogP contribution in [0, 0.1) is 5.82 Å². The molecular formula is C20H16ClF4N3O2. The summed E-state index contributed by atoms with van der Waals surface area (Å²) in [6.45, 7) is 1.38. The first-order valence-electron chi connectivity index (χ1n) is 8.76. The molecule has 1 aromatic heterocycles. The van der Waals surface area contributed by atoms with Gasteiger partial charge in [0.05, 0.1) is 23.5 Å². The lowest BCUT2D eigenvalue weighted by Gasteiger charge is -2.16. The number of amides is 1. The van der Waals surface area contributed by atoms with Gasteiger partial charge in [0.25, 0.3) is 5.91 Å². The average Bonchev–Trinajstić information content (AvgIpc) is 3.13. The number of ether oxygens (including phenoxy) is 1. The highest BCUT2D eigenvalue weighted by Gasteiger charge is 2.40. The monoisotopic (exact) mass is 441 g/mol. The second kappa shape index (κ2) is 8.74. The SMILES string of the molecule is CC(COc1ccccc1F)NC(=O)c1cnn(-c2cccc(Cl)c2)c1C(F)(F)F. The van der Waals surface area contributed by atoms with Crippen LogP contribution < -0.4 is 10.1 Å². The Labute approximate surface area is 174 Å². The number of halogens is 5. The number of benzene rings is 2. The Morgan fingerprint density at radius 1 is 1.23 bits per heavy atom. The molecule has 5 nitrogen and oxygen atoms in total. The first-order valence-corrected chi connectivity index (χ1v) is 9.14. The van der Waals surface area contributed by atoms with Crippen molar-refractivity contribution in [2.24, 2.45) is 0 Å². The van der Waals surface area contributed by atoms with E-state index in [-0.39, 0.29) is 23.1 Å². The third kappa shape index (κ3) is 4.91. The van der Waals surface area contributed by atoms with Crippen molar-refractivity contribution >= 4 is 17.5 Å². The van der Waals surface area contributed by atoms with Gasteiger partial charge in [0.15, 0.2) is 17.3 Å². The van der Waals surface area contributed by atoms with E-state index in [9.17, 15) is 22.4 Å². The second-order valence-electron chi connectivity index (χ2n) is 6.41. The molecule has 0 aliphatic heterocycles. The molecule has 158 valence electrons. The average molecular weight is 442 g/mol. The van der Waals surface area contributed by atoms with Crippen LogP contribution in [0.15, 0.2) is 54.7 Å². The predicted octanol–water partition coefficient (Wildman–Crippen LogP) is 4.88. The van der Waals surface area contributed by atoms with E-state index in [1.54, 1.807) is 6.07 Å². The smallest absolute Gasteiger partial charge is 0.434 e. The molecule has 10 heteroatoms. The molecule has 3 rings (SSSR count). The van der Waals surface area contributed by atoms with Crippen LogP contribution in [0.5, 0.6) is 5.75 Å². The first kappa shape index (κ1) is 21.6. The maximum Gasteiger partial charge on any atom is 0.434 e. The minimum absolute atomic E-state index is 0.0247. The molecule has 0 aliphatic rings. The van der Waals surface area contributed by atoms with E-state index >= 15 is 0 Å². The van der Waals surface area contributed by atoms with E-state index in [4.69, 9.17) is 16.3 Å². The van der Waals surface area contributed by atoms with Gasteiger partial charge in [-0.05, 0) is 37.3 Å². The summed E-state index contributed by atoms with van der Waals surface area (Å²) in [7, 11) is 0. The Morgan fingerprint density at radius 2 is 1.97 bits per heavy atom. The maximum atomic E-state index is 13.7. The van der Waals surface area contributed by atoms with Crippen molar-refractivity contribution in [1.29, 1.82) is 0 Å². The van der Waals surface area contributed by atoms with Crippen molar-refractivity contribution in [1.82, 2.24) is 15.1 Å². The predicted molar refractivity (Wildman–Crippen MR) is 102 cm³/mol. The standard InChI is InChI=1S/C20H16ClF4N3O2/c1-12(11-30-17-8-3-2-7-16(17)22)27-19(29)15-10-26-28(18(15)20(23,24)25)14-6-4-5-13(21)9-14/h2-10,12H,11H2,1H3,(H,27,29). The molecule has 0 spiro atoms. The van der Waals surface area contributed by atoms with Crippen LogP contribution in [0.25, 0.3) is 5.69 Å². The highest BCUT2D eigenvalue weighted by atomic mass is 35.5. The molecule has 1 heterocycles. The Bertz CT molecular complexity index is 1050. The zero-order valence-corrected chi connectivity index (χ0v) is 16.3. The maximum absolute atomic E-state index is 13.7. The van der Waals surface area contributed by atoms with Gasteiger partial charge in [-0.15, -0.1) is 0 Å². The zero-order valence-electron chi connectivity index (χ0n) is 15.6. The summed E-state index contributed by atoms with van der Waals surface area (Å²) in [5, 5.41) is 6.36. The van der Waals surface area contributed by atoms with E-state index in [1.165, 1.54) is 49.4 Å². The second-order valence-corrected chi connectivity index (χ2v) is 6.85. The fourth-order valence-electron chi connectivity index (χ4n) is 2.71. The molecule has 0 saturated heterocycles. The summed E-state index contributed by atoms with van der Waals surface area (Å²) in [6, 6.07) is 10.6. The van der Waals surface area contributed by atoms with Crippen LogP contribution >= 0.6 is 11.6 Å². The Balaban J connectivity index is 1.79. The molecule has 1 atom stereocenters. The molecule has 30 heavy (non-hydrogen) atoms. The number of nitrogens with one attached hydrogen (secondary N) is 1. The van der Waals surface area contributed by atoms with Gasteiger partial charge in [-0.25, -0.2) is 9.07 Å². The number of hydrogen-bond donors (Lipinski definition) is 1. The summed E-state index contributed by atoms with van der Waals surface area (Å²) in [5.41, 5.74) is -1.82. The van der Waals surface area contributed by atoms with Crippen molar-refractivity contribution in [3.05, 3.63) is 76.8 Å². The molecule has 0 fully saturated rings. The van der Waals surface area contributed by atoms with E-state index < -0.39 is 35.2 Å². The molecule has 1 amide bonds. The molecule has 3 aromatic rings. The lowest BCUT2D eigenvalue weighted by Crippen LogP contribution is -2.37. The zero-order chi connectivity index (χ0) is 21.9. The number of alkyl halides is 3. The van der Waals surface area contributed by atoms with Crippen LogP contribution in [0.4, 0.5) is 17.6 Å². The normalized spacial score (nSPS) is 12.5. The molecule has 0 bridgehead atoms. The molecular weight excluding hydrogens is 426 g/mol. The molecule has 1 N–H and O–H groups in total. The van der Waals surface area contributed by atoms with Gasteiger partial charge in [0.1, 0.15) is 6.61 Å². The van der Waals surface area contributed by atoms with Crippen LogP contribution in [-0.2, 0) is 6.18 Å². The van der Waals surface area contributed by atoms with Gasteiger partial charge in [0.2, 0.25) is 0 Å². The van der Waals surface area contributed by atoms with Crippen LogP contribution in [-0.4, -0.2) is 28.3 Å². The van der Waals surface area contributed by atoms with Crippen molar-refractivity contribution < 1.29 is 27.1 Å². The first-order chi connectivity index (χ1) is 14.2. The van der Waals surface area contributed by atoms with Crippen molar-refractivity contribution in [2.45, 2.75) is 19.1 Å². The third-order valence-electron chi connectivity index (χ3n) is 4.04. The van der Waals surface area contributed by atoms with Crippen molar-refractivity contribution in [3.8, 4) is 11.4 Å². The lowest BCUT2D eigenvalue weighted by molar-refractivity contribution is -0.143. The van der Waals surface area contributed by atoms with Gasteiger partial charge in [-0.2, -0.15) is 18.3 Å². The quantitative estimate of drug-likeness (QED) is 0.555. The van der Waals surface area contributed by atoms with Crippen molar-refractivity contribution in [3.63, 3.8) is 0 Å². The Morgan fingerprint density at radius 3 is 2.63 bits per heavy atom. The van der Waals surface area contributed by atoms with Crippen LogP contribution in [0.2, 0.25) is 5.02 Å². The summed E-state index contributed by atoms with van der Waals surface area (Å²) in [4.78, 5) is 12.5. The number of nitrogens with zero attached hydrogens (tertiary/aromatic N) is 2. The Hall–Kier alpha value is -3.07. The highest BCUT2D eigenvalue weighted by molar-refractivity contribution is 6.30. The molecule has 0 saturated carbocycles. The van der Waals surface area contributed by atoms with Gasteiger partial charge < -0.3 is 10.1 Å².